The minimum Gasteiger partial charge on any atom is -0.399 e. The maximum atomic E-state index is 12.4. The van der Waals surface area contributed by atoms with Crippen LogP contribution in [-0.2, 0) is 4.79 Å². The summed E-state index contributed by atoms with van der Waals surface area (Å²) in [6.07, 6.45) is 5.01. The first-order valence-corrected chi connectivity index (χ1v) is 7.79. The van der Waals surface area contributed by atoms with Gasteiger partial charge in [-0.25, -0.2) is 0 Å². The zero-order chi connectivity index (χ0) is 15.4. The van der Waals surface area contributed by atoms with Gasteiger partial charge >= 0.3 is 0 Å². The van der Waals surface area contributed by atoms with Gasteiger partial charge < -0.3 is 10.6 Å². The van der Waals surface area contributed by atoms with Crippen molar-refractivity contribution >= 4 is 17.3 Å². The van der Waals surface area contributed by atoms with Crippen LogP contribution < -0.4 is 10.6 Å². The molecule has 2 N–H and O–H groups in total. The molecule has 1 saturated carbocycles. The van der Waals surface area contributed by atoms with Gasteiger partial charge in [0.15, 0.2) is 0 Å². The molecule has 2 atom stereocenters. The smallest absolute Gasteiger partial charge is 0.240 e. The van der Waals surface area contributed by atoms with Crippen molar-refractivity contribution in [1.82, 2.24) is 4.90 Å². The summed E-state index contributed by atoms with van der Waals surface area (Å²) >= 11 is 0. The predicted octanol–water partition coefficient (Wildman–Crippen LogP) is 2.74. The van der Waals surface area contributed by atoms with Crippen LogP contribution in [0.1, 0.15) is 32.6 Å². The summed E-state index contributed by atoms with van der Waals surface area (Å²) in [6, 6.07) is 7.96. The zero-order valence-electron chi connectivity index (χ0n) is 13.4. The number of likely N-dealkylation sites (N-methyl/N-ethyl adjacent to an activating group) is 2. The first kappa shape index (κ1) is 15.8. The predicted molar refractivity (Wildman–Crippen MR) is 88.3 cm³/mol. The summed E-state index contributed by atoms with van der Waals surface area (Å²) in [5.74, 6) is 0.900. The molecule has 1 aliphatic rings. The van der Waals surface area contributed by atoms with Crippen molar-refractivity contribution in [3.63, 3.8) is 0 Å². The summed E-state index contributed by atoms with van der Waals surface area (Å²) < 4.78 is 0. The molecular weight excluding hydrogens is 262 g/mol. The van der Waals surface area contributed by atoms with Gasteiger partial charge in [-0.1, -0.05) is 19.8 Å². The molecule has 21 heavy (non-hydrogen) atoms. The van der Waals surface area contributed by atoms with Crippen LogP contribution in [0.15, 0.2) is 24.3 Å². The Kier molecular flexibility index (Phi) is 5.23. The number of carbonyl (C=O) groups is 1. The fraction of sp³-hybridized carbons (Fsp3) is 0.588. The van der Waals surface area contributed by atoms with Crippen LogP contribution in [0, 0.1) is 5.92 Å². The molecule has 116 valence electrons. The van der Waals surface area contributed by atoms with Crippen molar-refractivity contribution in [2.24, 2.45) is 5.92 Å². The second-order valence-electron chi connectivity index (χ2n) is 6.39. The van der Waals surface area contributed by atoms with Crippen LogP contribution in [0.2, 0.25) is 0 Å². The van der Waals surface area contributed by atoms with E-state index in [-0.39, 0.29) is 5.91 Å². The van der Waals surface area contributed by atoms with Crippen LogP contribution in [0.3, 0.4) is 0 Å². The monoisotopic (exact) mass is 289 g/mol. The van der Waals surface area contributed by atoms with Crippen molar-refractivity contribution in [3.05, 3.63) is 24.3 Å². The molecule has 1 aromatic carbocycles. The van der Waals surface area contributed by atoms with Crippen LogP contribution >= 0.6 is 0 Å². The maximum absolute atomic E-state index is 12.4. The Balaban J connectivity index is 1.92. The number of carbonyl (C=O) groups excluding carboxylic acids is 1. The third-order valence-corrected chi connectivity index (χ3v) is 4.57. The molecule has 4 nitrogen and oxygen atoms in total. The van der Waals surface area contributed by atoms with Gasteiger partial charge in [0.1, 0.15) is 0 Å². The molecule has 0 saturated heterocycles. The second-order valence-corrected chi connectivity index (χ2v) is 6.39. The minimum atomic E-state index is 0.125. The van der Waals surface area contributed by atoms with Gasteiger partial charge in [-0.3, -0.25) is 9.69 Å². The standard InChI is InChI=1S/C17H27N3O/c1-13-5-4-6-16(11-13)19(2)12-17(21)20(3)15-9-7-14(18)8-10-15/h7-10,13,16H,4-6,11-12,18H2,1-3H3. The number of benzene rings is 1. The molecule has 4 heteroatoms. The van der Waals surface area contributed by atoms with E-state index in [9.17, 15) is 4.79 Å². The van der Waals surface area contributed by atoms with Crippen LogP contribution in [0.4, 0.5) is 11.4 Å². The topological polar surface area (TPSA) is 49.6 Å². The highest BCUT2D eigenvalue weighted by Crippen LogP contribution is 2.26. The molecule has 1 fully saturated rings. The van der Waals surface area contributed by atoms with Crippen molar-refractivity contribution in [2.45, 2.75) is 38.6 Å². The molecule has 0 radical (unpaired) electrons. The van der Waals surface area contributed by atoms with Crippen LogP contribution in [0.25, 0.3) is 0 Å². The number of anilines is 2. The van der Waals surface area contributed by atoms with Crippen molar-refractivity contribution in [2.75, 3.05) is 31.3 Å². The van der Waals surface area contributed by atoms with E-state index in [1.54, 1.807) is 4.90 Å². The van der Waals surface area contributed by atoms with Crippen LogP contribution in [0.5, 0.6) is 0 Å². The van der Waals surface area contributed by atoms with Gasteiger partial charge in [0.05, 0.1) is 6.54 Å². The third kappa shape index (κ3) is 4.21. The molecule has 0 aliphatic heterocycles. The highest BCUT2D eigenvalue weighted by molar-refractivity contribution is 5.94. The van der Waals surface area contributed by atoms with Crippen LogP contribution in [-0.4, -0.2) is 37.5 Å². The van der Waals surface area contributed by atoms with E-state index < -0.39 is 0 Å². The lowest BCUT2D eigenvalue weighted by atomic mass is 9.86. The summed E-state index contributed by atoms with van der Waals surface area (Å²) in [5, 5.41) is 0. The van der Waals surface area contributed by atoms with Gasteiger partial charge in [0.2, 0.25) is 5.91 Å². The third-order valence-electron chi connectivity index (χ3n) is 4.57. The lowest BCUT2D eigenvalue weighted by Crippen LogP contribution is -2.43. The maximum Gasteiger partial charge on any atom is 0.240 e. The molecule has 0 aromatic heterocycles. The van der Waals surface area contributed by atoms with Gasteiger partial charge in [0, 0.05) is 24.5 Å². The summed E-state index contributed by atoms with van der Waals surface area (Å²) in [7, 11) is 3.89. The van der Waals surface area contributed by atoms with E-state index in [1.165, 1.54) is 25.7 Å². The van der Waals surface area contributed by atoms with Crippen molar-refractivity contribution in [1.29, 1.82) is 0 Å². The number of hydrogen-bond donors (Lipinski definition) is 1. The van der Waals surface area contributed by atoms with Gasteiger partial charge in [-0.05, 0) is 50.1 Å². The normalized spacial score (nSPS) is 22.3. The number of nitrogens with zero attached hydrogens (tertiary/aromatic N) is 2. The molecule has 1 aliphatic carbocycles. The van der Waals surface area contributed by atoms with Crippen molar-refractivity contribution in [3.8, 4) is 0 Å². The van der Waals surface area contributed by atoms with Crippen molar-refractivity contribution < 1.29 is 4.79 Å². The zero-order valence-corrected chi connectivity index (χ0v) is 13.4. The Hall–Kier alpha value is -1.55. The Labute approximate surface area is 127 Å². The highest BCUT2D eigenvalue weighted by Gasteiger charge is 2.24. The van der Waals surface area contributed by atoms with Gasteiger partial charge in [-0.15, -0.1) is 0 Å². The molecule has 1 amide bonds. The highest BCUT2D eigenvalue weighted by atomic mass is 16.2. The SMILES string of the molecule is CC1CCCC(N(C)CC(=O)N(C)c2ccc(N)cc2)C1. The Morgan fingerprint density at radius 1 is 1.24 bits per heavy atom. The second kappa shape index (κ2) is 6.94. The summed E-state index contributed by atoms with van der Waals surface area (Å²) in [4.78, 5) is 16.3. The lowest BCUT2D eigenvalue weighted by Gasteiger charge is -2.34. The lowest BCUT2D eigenvalue weighted by molar-refractivity contribution is -0.119. The number of amides is 1. The molecule has 2 rings (SSSR count). The fourth-order valence-electron chi connectivity index (χ4n) is 3.09. The molecule has 0 spiro atoms. The van der Waals surface area contributed by atoms with Gasteiger partial charge in [0.25, 0.3) is 0 Å². The summed E-state index contributed by atoms with van der Waals surface area (Å²) in [5.41, 5.74) is 7.29. The minimum absolute atomic E-state index is 0.125. The Morgan fingerprint density at radius 2 is 1.90 bits per heavy atom. The first-order chi connectivity index (χ1) is 9.97. The molecule has 1 aromatic rings. The molecule has 0 bridgehead atoms. The fourth-order valence-corrected chi connectivity index (χ4v) is 3.09. The number of nitrogen functional groups attached to an aromatic ring is 1. The average Bonchev–Trinajstić information content (AvgIpc) is 2.47. The van der Waals surface area contributed by atoms with E-state index in [4.69, 9.17) is 5.73 Å². The number of hydrogen-bond acceptors (Lipinski definition) is 3. The molecule has 0 heterocycles. The summed E-state index contributed by atoms with van der Waals surface area (Å²) in [6.45, 7) is 2.78. The quantitative estimate of drug-likeness (QED) is 0.867. The van der Waals surface area contributed by atoms with E-state index >= 15 is 0 Å². The van der Waals surface area contributed by atoms with Gasteiger partial charge in [-0.2, -0.15) is 0 Å². The Morgan fingerprint density at radius 3 is 2.52 bits per heavy atom. The van der Waals surface area contributed by atoms with E-state index in [0.717, 1.165) is 11.6 Å². The largest absolute Gasteiger partial charge is 0.399 e. The number of rotatable bonds is 4. The number of nitrogens with two attached hydrogens (primary N) is 1. The van der Waals surface area contributed by atoms with E-state index in [2.05, 4.69) is 18.9 Å². The molecular formula is C17H27N3O. The first-order valence-electron chi connectivity index (χ1n) is 7.79. The van der Waals surface area contributed by atoms with E-state index in [0.29, 0.717) is 18.3 Å². The van der Waals surface area contributed by atoms with E-state index in [1.807, 2.05) is 31.3 Å². The molecule has 2 unspecified atom stereocenters. The average molecular weight is 289 g/mol. The Bertz CT molecular complexity index is 471.